The Morgan fingerprint density at radius 1 is 1.35 bits per heavy atom. The van der Waals surface area contributed by atoms with E-state index in [4.69, 9.17) is 5.73 Å². The van der Waals surface area contributed by atoms with Crippen molar-refractivity contribution in [2.24, 2.45) is 17.1 Å². The van der Waals surface area contributed by atoms with Gasteiger partial charge in [0.1, 0.15) is 0 Å². The first-order valence-corrected chi connectivity index (χ1v) is 8.29. The van der Waals surface area contributed by atoms with Crippen molar-refractivity contribution in [3.63, 3.8) is 0 Å². The Labute approximate surface area is 110 Å². The topological polar surface area (TPSA) is 29.3 Å². The number of nitrogens with two attached hydrogens (primary N) is 1. The SMILES string of the molecule is CC1(C)CCSCC1(CN)N1CC2CCC1C2. The molecule has 1 saturated carbocycles. The van der Waals surface area contributed by atoms with Gasteiger partial charge in [-0.1, -0.05) is 13.8 Å². The lowest BCUT2D eigenvalue weighted by atomic mass is 9.69. The van der Waals surface area contributed by atoms with E-state index in [0.29, 0.717) is 5.41 Å². The van der Waals surface area contributed by atoms with Crippen LogP contribution in [-0.2, 0) is 0 Å². The molecule has 3 unspecified atom stereocenters. The number of nitrogens with zero attached hydrogens (tertiary/aromatic N) is 1. The van der Waals surface area contributed by atoms with Gasteiger partial charge < -0.3 is 5.73 Å². The summed E-state index contributed by atoms with van der Waals surface area (Å²) in [7, 11) is 0. The molecule has 0 radical (unpaired) electrons. The molecule has 0 spiro atoms. The van der Waals surface area contributed by atoms with Crippen molar-refractivity contribution in [2.45, 2.75) is 51.1 Å². The van der Waals surface area contributed by atoms with E-state index in [-0.39, 0.29) is 5.54 Å². The first-order valence-electron chi connectivity index (χ1n) is 7.14. The van der Waals surface area contributed by atoms with Crippen LogP contribution >= 0.6 is 11.8 Å². The van der Waals surface area contributed by atoms with Gasteiger partial charge in [0.2, 0.25) is 0 Å². The van der Waals surface area contributed by atoms with Crippen molar-refractivity contribution in [1.82, 2.24) is 4.90 Å². The van der Waals surface area contributed by atoms with Gasteiger partial charge in [-0.2, -0.15) is 11.8 Å². The van der Waals surface area contributed by atoms with Crippen LogP contribution < -0.4 is 5.73 Å². The molecule has 3 aliphatic rings. The lowest BCUT2D eigenvalue weighted by Crippen LogP contribution is -2.67. The van der Waals surface area contributed by atoms with Gasteiger partial charge >= 0.3 is 0 Å². The van der Waals surface area contributed by atoms with E-state index in [1.165, 1.54) is 43.7 Å². The predicted octanol–water partition coefficient (Wildman–Crippen LogP) is 2.33. The molecular weight excluding hydrogens is 228 g/mol. The molecular formula is C14H26N2S. The number of rotatable bonds is 2. The molecule has 2 heterocycles. The Morgan fingerprint density at radius 3 is 2.71 bits per heavy atom. The standard InChI is InChI=1S/C14H26N2S/c1-13(2)5-6-17-10-14(13,9-15)16-8-11-3-4-12(16)7-11/h11-12H,3-10,15H2,1-2H3. The fraction of sp³-hybridized carbons (Fsp3) is 1.00. The van der Waals surface area contributed by atoms with Crippen LogP contribution in [-0.4, -0.2) is 41.1 Å². The lowest BCUT2D eigenvalue weighted by molar-refractivity contribution is -0.0188. The minimum atomic E-state index is 0.274. The molecule has 0 amide bonds. The molecule has 0 aromatic heterocycles. The van der Waals surface area contributed by atoms with Gasteiger partial charge in [-0.05, 0) is 42.8 Å². The highest BCUT2D eigenvalue weighted by Crippen LogP contribution is 2.51. The second-order valence-corrected chi connectivity index (χ2v) is 8.01. The minimum Gasteiger partial charge on any atom is -0.329 e. The van der Waals surface area contributed by atoms with Gasteiger partial charge in [0, 0.05) is 30.4 Å². The molecule has 2 aliphatic heterocycles. The van der Waals surface area contributed by atoms with Crippen LogP contribution in [0.5, 0.6) is 0 Å². The van der Waals surface area contributed by atoms with Crippen LogP contribution in [0.1, 0.15) is 39.5 Å². The normalized spacial score (nSPS) is 45.4. The summed E-state index contributed by atoms with van der Waals surface area (Å²) in [6, 6.07) is 0.849. The summed E-state index contributed by atoms with van der Waals surface area (Å²) >= 11 is 2.12. The molecule has 2 N–H and O–H groups in total. The molecule has 2 nitrogen and oxygen atoms in total. The monoisotopic (exact) mass is 254 g/mol. The number of piperidine rings is 1. The summed E-state index contributed by atoms with van der Waals surface area (Å²) < 4.78 is 0. The zero-order valence-corrected chi connectivity index (χ0v) is 12.1. The molecule has 2 saturated heterocycles. The number of hydrogen-bond donors (Lipinski definition) is 1. The highest BCUT2D eigenvalue weighted by atomic mass is 32.2. The Kier molecular flexibility index (Phi) is 3.00. The third-order valence-corrected chi connectivity index (χ3v) is 6.94. The van der Waals surface area contributed by atoms with Gasteiger partial charge in [-0.3, -0.25) is 4.90 Å². The molecule has 3 fully saturated rings. The molecule has 98 valence electrons. The second-order valence-electron chi connectivity index (χ2n) is 6.91. The maximum atomic E-state index is 6.27. The van der Waals surface area contributed by atoms with E-state index in [0.717, 1.165) is 18.5 Å². The summed E-state index contributed by atoms with van der Waals surface area (Å²) in [5, 5.41) is 0. The largest absolute Gasteiger partial charge is 0.329 e. The third kappa shape index (κ3) is 1.69. The first-order chi connectivity index (χ1) is 8.09. The Bertz CT molecular complexity index is 305. The van der Waals surface area contributed by atoms with Crippen molar-refractivity contribution in [2.75, 3.05) is 24.6 Å². The summed E-state index contributed by atoms with van der Waals surface area (Å²) in [6.07, 6.45) is 5.66. The molecule has 3 heteroatoms. The van der Waals surface area contributed by atoms with E-state index in [1.807, 2.05) is 0 Å². The molecule has 17 heavy (non-hydrogen) atoms. The maximum Gasteiger partial charge on any atom is 0.0475 e. The number of fused-ring (bicyclic) bond motifs is 2. The van der Waals surface area contributed by atoms with Crippen molar-refractivity contribution < 1.29 is 0 Å². The van der Waals surface area contributed by atoms with Crippen molar-refractivity contribution in [3.05, 3.63) is 0 Å². The number of hydrogen-bond acceptors (Lipinski definition) is 3. The van der Waals surface area contributed by atoms with Gasteiger partial charge in [-0.15, -0.1) is 0 Å². The summed E-state index contributed by atoms with van der Waals surface area (Å²) in [5.74, 6) is 3.54. The smallest absolute Gasteiger partial charge is 0.0475 e. The number of likely N-dealkylation sites (tertiary alicyclic amines) is 1. The first kappa shape index (κ1) is 12.3. The molecule has 0 aromatic rings. The van der Waals surface area contributed by atoms with E-state index >= 15 is 0 Å². The molecule has 3 atom stereocenters. The highest BCUT2D eigenvalue weighted by molar-refractivity contribution is 7.99. The fourth-order valence-corrected chi connectivity index (χ4v) is 6.18. The van der Waals surface area contributed by atoms with Gasteiger partial charge in [0.05, 0.1) is 0 Å². The molecule has 0 aromatic carbocycles. The molecule has 3 rings (SSSR count). The number of thioether (sulfide) groups is 1. The van der Waals surface area contributed by atoms with Crippen molar-refractivity contribution >= 4 is 11.8 Å². The quantitative estimate of drug-likeness (QED) is 0.820. The second kappa shape index (κ2) is 4.14. The fourth-order valence-electron chi connectivity index (χ4n) is 4.37. The van der Waals surface area contributed by atoms with Crippen LogP contribution in [0.4, 0.5) is 0 Å². The van der Waals surface area contributed by atoms with Crippen LogP contribution in [0.2, 0.25) is 0 Å². The summed E-state index contributed by atoms with van der Waals surface area (Å²) in [6.45, 7) is 7.07. The molecule has 1 aliphatic carbocycles. The van der Waals surface area contributed by atoms with E-state index in [1.54, 1.807) is 0 Å². The highest BCUT2D eigenvalue weighted by Gasteiger charge is 2.55. The van der Waals surface area contributed by atoms with E-state index < -0.39 is 0 Å². The van der Waals surface area contributed by atoms with E-state index in [9.17, 15) is 0 Å². The van der Waals surface area contributed by atoms with E-state index in [2.05, 4.69) is 30.5 Å². The van der Waals surface area contributed by atoms with Crippen LogP contribution in [0.3, 0.4) is 0 Å². The third-order valence-electron chi connectivity index (χ3n) is 5.77. The average Bonchev–Trinajstić information content (AvgIpc) is 2.91. The van der Waals surface area contributed by atoms with Crippen LogP contribution in [0, 0.1) is 11.3 Å². The Balaban J connectivity index is 1.90. The maximum absolute atomic E-state index is 6.27. The zero-order valence-electron chi connectivity index (χ0n) is 11.2. The summed E-state index contributed by atoms with van der Waals surface area (Å²) in [5.41, 5.74) is 6.93. The van der Waals surface area contributed by atoms with Gasteiger partial charge in [0.25, 0.3) is 0 Å². The Hall–Kier alpha value is 0.270. The van der Waals surface area contributed by atoms with Crippen molar-refractivity contribution in [1.29, 1.82) is 0 Å². The predicted molar refractivity (Wildman–Crippen MR) is 75.3 cm³/mol. The van der Waals surface area contributed by atoms with Crippen LogP contribution in [0.15, 0.2) is 0 Å². The Morgan fingerprint density at radius 2 is 2.18 bits per heavy atom. The molecule has 2 bridgehead atoms. The minimum absolute atomic E-state index is 0.274. The van der Waals surface area contributed by atoms with Gasteiger partial charge in [-0.25, -0.2) is 0 Å². The van der Waals surface area contributed by atoms with Crippen LogP contribution in [0.25, 0.3) is 0 Å². The van der Waals surface area contributed by atoms with Gasteiger partial charge in [0.15, 0.2) is 0 Å². The lowest BCUT2D eigenvalue weighted by Gasteiger charge is -2.57. The average molecular weight is 254 g/mol. The summed E-state index contributed by atoms with van der Waals surface area (Å²) in [4.78, 5) is 2.83. The van der Waals surface area contributed by atoms with Crippen molar-refractivity contribution in [3.8, 4) is 0 Å². The zero-order chi connectivity index (χ0) is 12.1.